The minimum Gasteiger partial charge on any atom is -0.470 e. The number of nitrogens with zero attached hydrogens (tertiary/aromatic N) is 3. The molecule has 0 bridgehead atoms. The Kier molecular flexibility index (Phi) is 5.05. The molecule has 2 atom stereocenters. The Labute approximate surface area is 133 Å². The van der Waals surface area contributed by atoms with Crippen molar-refractivity contribution in [1.82, 2.24) is 14.9 Å². The third-order valence-electron chi connectivity index (χ3n) is 2.99. The van der Waals surface area contributed by atoms with Gasteiger partial charge in [0.2, 0.25) is 5.88 Å². The van der Waals surface area contributed by atoms with E-state index in [0.717, 1.165) is 0 Å². The van der Waals surface area contributed by atoms with Crippen molar-refractivity contribution in [3.8, 4) is 5.88 Å². The van der Waals surface area contributed by atoms with Crippen molar-refractivity contribution in [2.45, 2.75) is 45.1 Å². The lowest BCUT2D eigenvalue weighted by Gasteiger charge is -2.35. The first-order valence-electron chi connectivity index (χ1n) is 7.01. The number of rotatable bonds is 2. The minimum atomic E-state index is -1.33. The quantitative estimate of drug-likeness (QED) is 0.833. The van der Waals surface area contributed by atoms with E-state index in [1.165, 1.54) is 17.3 Å². The van der Waals surface area contributed by atoms with Crippen LogP contribution in [0.1, 0.15) is 27.2 Å². The Balaban J connectivity index is 1.91. The molecule has 1 aromatic rings. The van der Waals surface area contributed by atoms with Crippen LogP contribution in [0.15, 0.2) is 12.4 Å². The number of hydrogen-bond acceptors (Lipinski definition) is 5. The molecule has 0 radical (unpaired) electrons. The topological polar surface area (TPSA) is 64.5 Å². The van der Waals surface area contributed by atoms with Crippen molar-refractivity contribution < 1.29 is 18.7 Å². The SMILES string of the molecule is CC(C)(C)OC(=O)N1CC[C@H](Oc2cncc(Cl)n2)[C@H](F)C1. The number of carbonyl (C=O) groups excluding carboxylic acids is 1. The first-order chi connectivity index (χ1) is 10.2. The van der Waals surface area contributed by atoms with Gasteiger partial charge in [0.1, 0.15) is 11.7 Å². The highest BCUT2D eigenvalue weighted by atomic mass is 35.5. The fraction of sp³-hybridized carbons (Fsp3) is 0.643. The van der Waals surface area contributed by atoms with Gasteiger partial charge in [-0.2, -0.15) is 4.98 Å². The molecule has 6 nitrogen and oxygen atoms in total. The van der Waals surface area contributed by atoms with Gasteiger partial charge < -0.3 is 14.4 Å². The summed E-state index contributed by atoms with van der Waals surface area (Å²) in [4.78, 5) is 21.0. The van der Waals surface area contributed by atoms with Crippen LogP contribution in [0.2, 0.25) is 5.15 Å². The Morgan fingerprint density at radius 3 is 2.77 bits per heavy atom. The van der Waals surface area contributed by atoms with Gasteiger partial charge >= 0.3 is 6.09 Å². The van der Waals surface area contributed by atoms with Crippen LogP contribution in [-0.4, -0.2) is 51.9 Å². The Morgan fingerprint density at radius 2 is 2.18 bits per heavy atom. The highest BCUT2D eigenvalue weighted by Gasteiger charge is 2.35. The van der Waals surface area contributed by atoms with Gasteiger partial charge in [-0.1, -0.05) is 11.6 Å². The van der Waals surface area contributed by atoms with E-state index in [0.29, 0.717) is 13.0 Å². The number of piperidine rings is 1. The van der Waals surface area contributed by atoms with Crippen molar-refractivity contribution in [2.24, 2.45) is 0 Å². The van der Waals surface area contributed by atoms with Gasteiger partial charge in [0, 0.05) is 13.0 Å². The highest BCUT2D eigenvalue weighted by molar-refractivity contribution is 6.29. The monoisotopic (exact) mass is 331 g/mol. The molecular formula is C14H19ClFN3O3. The van der Waals surface area contributed by atoms with E-state index in [1.807, 2.05) is 0 Å². The lowest BCUT2D eigenvalue weighted by molar-refractivity contribution is -0.0115. The fourth-order valence-electron chi connectivity index (χ4n) is 2.05. The lowest BCUT2D eigenvalue weighted by atomic mass is 10.1. The van der Waals surface area contributed by atoms with Crippen molar-refractivity contribution in [2.75, 3.05) is 13.1 Å². The molecule has 122 valence electrons. The number of halogens is 2. The second-order valence-electron chi connectivity index (χ2n) is 6.07. The molecule has 0 spiro atoms. The predicted molar refractivity (Wildman–Crippen MR) is 78.8 cm³/mol. The molecule has 0 aromatic carbocycles. The van der Waals surface area contributed by atoms with Crippen molar-refractivity contribution in [1.29, 1.82) is 0 Å². The number of likely N-dealkylation sites (tertiary alicyclic amines) is 1. The second-order valence-corrected chi connectivity index (χ2v) is 6.45. The predicted octanol–water partition coefficient (Wildman–Crippen LogP) is 2.86. The normalized spacial score (nSPS) is 22.3. The summed E-state index contributed by atoms with van der Waals surface area (Å²) in [5.74, 6) is 0.172. The molecular weight excluding hydrogens is 313 g/mol. The Hall–Kier alpha value is -1.63. The molecule has 2 heterocycles. The summed E-state index contributed by atoms with van der Waals surface area (Å²) in [5, 5.41) is 0.180. The molecule has 0 aliphatic carbocycles. The van der Waals surface area contributed by atoms with E-state index in [-0.39, 0.29) is 17.6 Å². The molecule has 2 rings (SSSR count). The third-order valence-corrected chi connectivity index (χ3v) is 3.17. The summed E-state index contributed by atoms with van der Waals surface area (Å²) in [6.45, 7) is 5.59. The summed E-state index contributed by atoms with van der Waals surface area (Å²) in [6, 6.07) is 0. The zero-order chi connectivity index (χ0) is 16.3. The maximum absolute atomic E-state index is 14.2. The van der Waals surface area contributed by atoms with Crippen LogP contribution in [0, 0.1) is 0 Å². The largest absolute Gasteiger partial charge is 0.470 e. The number of carbonyl (C=O) groups is 1. The number of aromatic nitrogens is 2. The van der Waals surface area contributed by atoms with Gasteiger partial charge in [0.15, 0.2) is 11.3 Å². The number of hydrogen-bond donors (Lipinski definition) is 0. The minimum absolute atomic E-state index is 0.0758. The average Bonchev–Trinajstić information content (AvgIpc) is 2.39. The summed E-state index contributed by atoms with van der Waals surface area (Å²) in [6.07, 6.45) is 0.546. The summed E-state index contributed by atoms with van der Waals surface area (Å²) >= 11 is 5.71. The van der Waals surface area contributed by atoms with E-state index in [1.54, 1.807) is 20.8 Å². The summed E-state index contributed by atoms with van der Waals surface area (Å²) in [5.41, 5.74) is -0.605. The Morgan fingerprint density at radius 1 is 1.45 bits per heavy atom. The molecule has 8 heteroatoms. The van der Waals surface area contributed by atoms with Gasteiger partial charge in [-0.3, -0.25) is 4.98 Å². The molecule has 1 aromatic heterocycles. The molecule has 1 fully saturated rings. The number of ether oxygens (including phenoxy) is 2. The first kappa shape index (κ1) is 16.7. The average molecular weight is 332 g/mol. The standard InChI is InChI=1S/C14H19ClFN3O3/c1-14(2,3)22-13(20)19-5-4-10(9(16)8-19)21-12-7-17-6-11(15)18-12/h6-7,9-10H,4-5,8H2,1-3H3/t9-,10+/m1/s1. The van der Waals surface area contributed by atoms with Crippen LogP contribution in [-0.2, 0) is 4.74 Å². The van der Waals surface area contributed by atoms with E-state index < -0.39 is 24.0 Å². The van der Waals surface area contributed by atoms with Crippen LogP contribution in [0.3, 0.4) is 0 Å². The third kappa shape index (κ3) is 4.69. The molecule has 1 amide bonds. The zero-order valence-electron chi connectivity index (χ0n) is 12.8. The lowest BCUT2D eigenvalue weighted by Crippen LogP contribution is -2.50. The number of amides is 1. The van der Waals surface area contributed by atoms with Gasteiger partial charge in [-0.25, -0.2) is 9.18 Å². The van der Waals surface area contributed by atoms with Crippen LogP contribution in [0.4, 0.5) is 9.18 Å². The molecule has 1 saturated heterocycles. The van der Waals surface area contributed by atoms with Gasteiger partial charge in [-0.05, 0) is 20.8 Å². The molecule has 0 N–H and O–H groups in total. The van der Waals surface area contributed by atoms with E-state index in [4.69, 9.17) is 21.1 Å². The van der Waals surface area contributed by atoms with Gasteiger partial charge in [0.25, 0.3) is 0 Å². The van der Waals surface area contributed by atoms with Crippen molar-refractivity contribution >= 4 is 17.7 Å². The van der Waals surface area contributed by atoms with Gasteiger partial charge in [-0.15, -0.1) is 0 Å². The van der Waals surface area contributed by atoms with Crippen LogP contribution in [0.25, 0.3) is 0 Å². The zero-order valence-corrected chi connectivity index (χ0v) is 13.5. The summed E-state index contributed by atoms with van der Waals surface area (Å²) in [7, 11) is 0. The van der Waals surface area contributed by atoms with Crippen LogP contribution >= 0.6 is 11.6 Å². The van der Waals surface area contributed by atoms with E-state index >= 15 is 0 Å². The molecule has 1 aliphatic heterocycles. The maximum atomic E-state index is 14.2. The van der Waals surface area contributed by atoms with Crippen LogP contribution < -0.4 is 4.74 Å². The Bertz CT molecular complexity index is 538. The first-order valence-corrected chi connectivity index (χ1v) is 7.38. The highest BCUT2D eigenvalue weighted by Crippen LogP contribution is 2.22. The molecule has 0 saturated carbocycles. The van der Waals surface area contributed by atoms with E-state index in [2.05, 4.69) is 9.97 Å². The van der Waals surface area contributed by atoms with Gasteiger partial charge in [0.05, 0.1) is 18.9 Å². The van der Waals surface area contributed by atoms with Crippen LogP contribution in [0.5, 0.6) is 5.88 Å². The summed E-state index contributed by atoms with van der Waals surface area (Å²) < 4.78 is 24.9. The number of alkyl halides is 1. The van der Waals surface area contributed by atoms with Crippen molar-refractivity contribution in [3.05, 3.63) is 17.5 Å². The maximum Gasteiger partial charge on any atom is 0.410 e. The molecule has 22 heavy (non-hydrogen) atoms. The molecule has 1 aliphatic rings. The molecule has 0 unspecified atom stereocenters. The fourth-order valence-corrected chi connectivity index (χ4v) is 2.19. The van der Waals surface area contributed by atoms with Crippen molar-refractivity contribution in [3.63, 3.8) is 0 Å². The van der Waals surface area contributed by atoms with E-state index in [9.17, 15) is 9.18 Å². The second kappa shape index (κ2) is 6.64. The smallest absolute Gasteiger partial charge is 0.410 e.